The zero-order valence-electron chi connectivity index (χ0n) is 7.38. The van der Waals surface area contributed by atoms with Gasteiger partial charge in [-0.1, -0.05) is 30.5 Å². The van der Waals surface area contributed by atoms with Crippen molar-refractivity contribution in [3.63, 3.8) is 0 Å². The number of hydrogen-bond acceptors (Lipinski definition) is 1. The van der Waals surface area contributed by atoms with Crippen LogP contribution in [0.15, 0.2) is 11.6 Å². The first-order chi connectivity index (χ1) is 5.83. The third-order valence-corrected chi connectivity index (χ3v) is 2.72. The molecule has 1 saturated carbocycles. The normalized spacial score (nSPS) is 33.2. The second-order valence-corrected chi connectivity index (χ2v) is 3.85. The molecule has 1 aliphatic rings. The van der Waals surface area contributed by atoms with Gasteiger partial charge < -0.3 is 5.11 Å². The van der Waals surface area contributed by atoms with Gasteiger partial charge >= 0.3 is 0 Å². The smallest absolute Gasteiger partial charge is 0.0540 e. The Morgan fingerprint density at radius 1 is 1.08 bits per heavy atom. The molecular weight excluding hydrogens is 172 g/mol. The lowest BCUT2D eigenvalue weighted by Crippen LogP contribution is -2.12. The van der Waals surface area contributed by atoms with Crippen LogP contribution in [-0.4, -0.2) is 11.2 Å². The Balaban J connectivity index is 2.33. The van der Waals surface area contributed by atoms with Gasteiger partial charge in [0.25, 0.3) is 0 Å². The molecule has 0 amide bonds. The van der Waals surface area contributed by atoms with E-state index < -0.39 is 0 Å². The van der Waals surface area contributed by atoms with Gasteiger partial charge in [-0.3, -0.25) is 0 Å². The number of allylic oxidation sites excluding steroid dienone is 1. The molecule has 0 spiro atoms. The fraction of sp³-hybridized carbons (Fsp3) is 0.800. The van der Waals surface area contributed by atoms with Crippen molar-refractivity contribution >= 4 is 11.6 Å². The van der Waals surface area contributed by atoms with E-state index in [4.69, 9.17) is 11.6 Å². The summed E-state index contributed by atoms with van der Waals surface area (Å²) in [6.07, 6.45) is 8.61. The second-order valence-electron chi connectivity index (χ2n) is 3.59. The van der Waals surface area contributed by atoms with Crippen molar-refractivity contribution in [2.45, 2.75) is 44.6 Å². The van der Waals surface area contributed by atoms with Crippen molar-refractivity contribution < 1.29 is 5.11 Å². The van der Waals surface area contributed by atoms with Gasteiger partial charge in [0, 0.05) is 5.54 Å². The fourth-order valence-corrected chi connectivity index (χ4v) is 1.98. The van der Waals surface area contributed by atoms with Gasteiger partial charge in [-0.2, -0.15) is 0 Å². The standard InChI is InChI=1S/C10H17ClO/c11-8-7-9-3-1-2-4-10(12)6-5-9/h7-10,12H,1-6H2. The number of aliphatic hydroxyl groups excluding tert-OH is 1. The first kappa shape index (κ1) is 10.1. The van der Waals surface area contributed by atoms with Crippen LogP contribution in [0.25, 0.3) is 0 Å². The minimum Gasteiger partial charge on any atom is -0.393 e. The van der Waals surface area contributed by atoms with Gasteiger partial charge in [-0.05, 0) is 31.6 Å². The molecule has 2 atom stereocenters. The predicted octanol–water partition coefficient (Wildman–Crippen LogP) is 3.07. The van der Waals surface area contributed by atoms with Gasteiger partial charge in [-0.25, -0.2) is 0 Å². The molecule has 0 saturated heterocycles. The van der Waals surface area contributed by atoms with Crippen LogP contribution in [0.4, 0.5) is 0 Å². The number of rotatable bonds is 1. The number of halogens is 1. The van der Waals surface area contributed by atoms with Crippen LogP contribution in [0, 0.1) is 5.92 Å². The van der Waals surface area contributed by atoms with Gasteiger partial charge in [0.2, 0.25) is 0 Å². The van der Waals surface area contributed by atoms with Gasteiger partial charge in [-0.15, -0.1) is 0 Å². The highest BCUT2D eigenvalue weighted by atomic mass is 35.5. The average molecular weight is 189 g/mol. The molecule has 12 heavy (non-hydrogen) atoms. The van der Waals surface area contributed by atoms with Crippen LogP contribution in [0.1, 0.15) is 38.5 Å². The molecule has 0 aromatic rings. The van der Waals surface area contributed by atoms with Crippen LogP contribution in [-0.2, 0) is 0 Å². The minimum absolute atomic E-state index is 0.0727. The molecule has 1 rings (SSSR count). The van der Waals surface area contributed by atoms with Crippen LogP contribution in [0.3, 0.4) is 0 Å². The Kier molecular flexibility index (Phi) is 4.70. The van der Waals surface area contributed by atoms with E-state index in [0.717, 1.165) is 25.7 Å². The van der Waals surface area contributed by atoms with E-state index >= 15 is 0 Å². The molecule has 0 aromatic heterocycles. The van der Waals surface area contributed by atoms with Crippen LogP contribution in [0.2, 0.25) is 0 Å². The second kappa shape index (κ2) is 5.60. The molecule has 0 aliphatic heterocycles. The Hall–Kier alpha value is -0.0100. The fourth-order valence-electron chi connectivity index (χ4n) is 1.78. The summed E-state index contributed by atoms with van der Waals surface area (Å²) < 4.78 is 0. The summed E-state index contributed by atoms with van der Waals surface area (Å²) in [6.45, 7) is 0. The zero-order valence-corrected chi connectivity index (χ0v) is 8.13. The highest BCUT2D eigenvalue weighted by molar-refractivity contribution is 6.25. The van der Waals surface area contributed by atoms with Gasteiger partial charge in [0.1, 0.15) is 0 Å². The summed E-state index contributed by atoms with van der Waals surface area (Å²) in [5, 5.41) is 9.44. The van der Waals surface area contributed by atoms with Crippen LogP contribution in [0.5, 0.6) is 0 Å². The molecule has 2 heteroatoms. The largest absolute Gasteiger partial charge is 0.393 e. The molecule has 0 aromatic carbocycles. The Morgan fingerprint density at radius 3 is 2.58 bits per heavy atom. The van der Waals surface area contributed by atoms with E-state index in [0.29, 0.717) is 5.92 Å². The minimum atomic E-state index is -0.0727. The van der Waals surface area contributed by atoms with Crippen molar-refractivity contribution in [3.05, 3.63) is 11.6 Å². The third kappa shape index (κ3) is 3.59. The SMILES string of the molecule is OC1CCCCC(C=CCl)CC1. The van der Waals surface area contributed by atoms with E-state index in [9.17, 15) is 5.11 Å². The molecule has 1 N–H and O–H groups in total. The van der Waals surface area contributed by atoms with Crippen molar-refractivity contribution in [1.29, 1.82) is 0 Å². The Bertz CT molecular complexity index is 145. The Morgan fingerprint density at radius 2 is 1.83 bits per heavy atom. The maximum Gasteiger partial charge on any atom is 0.0540 e. The summed E-state index contributed by atoms with van der Waals surface area (Å²) in [5.41, 5.74) is 1.61. The first-order valence-electron chi connectivity index (χ1n) is 4.78. The zero-order chi connectivity index (χ0) is 8.81. The molecule has 0 bridgehead atoms. The third-order valence-electron chi connectivity index (χ3n) is 2.58. The highest BCUT2D eigenvalue weighted by Gasteiger charge is 2.12. The molecule has 1 fully saturated rings. The summed E-state index contributed by atoms with van der Waals surface area (Å²) >= 11 is 5.52. The monoisotopic (exact) mass is 188 g/mol. The predicted molar refractivity (Wildman–Crippen MR) is 52.2 cm³/mol. The van der Waals surface area contributed by atoms with Crippen molar-refractivity contribution in [2.75, 3.05) is 0 Å². The number of aliphatic hydroxyl groups is 1. The average Bonchev–Trinajstić information content (AvgIpc) is 2.04. The quantitative estimate of drug-likeness (QED) is 0.671. The lowest BCUT2D eigenvalue weighted by atomic mass is 9.90. The van der Waals surface area contributed by atoms with Gasteiger partial charge in [0.05, 0.1) is 6.10 Å². The van der Waals surface area contributed by atoms with E-state index in [-0.39, 0.29) is 6.10 Å². The lowest BCUT2D eigenvalue weighted by molar-refractivity contribution is 0.135. The number of hydrogen-bond donors (Lipinski definition) is 1. The van der Waals surface area contributed by atoms with E-state index in [2.05, 4.69) is 6.08 Å². The molecule has 0 heterocycles. The van der Waals surface area contributed by atoms with E-state index in [1.165, 1.54) is 12.8 Å². The van der Waals surface area contributed by atoms with Gasteiger partial charge in [0.15, 0.2) is 0 Å². The van der Waals surface area contributed by atoms with Crippen LogP contribution >= 0.6 is 11.6 Å². The van der Waals surface area contributed by atoms with E-state index in [1.807, 2.05) is 0 Å². The molecule has 0 radical (unpaired) electrons. The molecule has 1 nitrogen and oxygen atoms in total. The van der Waals surface area contributed by atoms with Crippen molar-refractivity contribution in [2.24, 2.45) is 5.92 Å². The van der Waals surface area contributed by atoms with Crippen molar-refractivity contribution in [3.8, 4) is 0 Å². The lowest BCUT2D eigenvalue weighted by Gasteiger charge is -2.19. The first-order valence-corrected chi connectivity index (χ1v) is 5.21. The summed E-state index contributed by atoms with van der Waals surface area (Å²) in [4.78, 5) is 0. The molecular formula is C10H17ClO. The maximum absolute atomic E-state index is 9.44. The molecule has 2 unspecified atom stereocenters. The summed E-state index contributed by atoms with van der Waals surface area (Å²) in [5.74, 6) is 0.595. The van der Waals surface area contributed by atoms with Crippen molar-refractivity contribution in [1.82, 2.24) is 0 Å². The topological polar surface area (TPSA) is 20.2 Å². The molecule has 70 valence electrons. The summed E-state index contributed by atoms with van der Waals surface area (Å²) in [7, 11) is 0. The maximum atomic E-state index is 9.44. The highest BCUT2D eigenvalue weighted by Crippen LogP contribution is 2.23. The van der Waals surface area contributed by atoms with E-state index in [1.54, 1.807) is 5.54 Å². The Labute approximate surface area is 79.4 Å². The summed E-state index contributed by atoms with van der Waals surface area (Å²) in [6, 6.07) is 0. The molecule has 1 aliphatic carbocycles. The van der Waals surface area contributed by atoms with Crippen LogP contribution < -0.4 is 0 Å².